The number of fused-ring (bicyclic) bond motifs is 1. The summed E-state index contributed by atoms with van der Waals surface area (Å²) >= 11 is 0. The van der Waals surface area contributed by atoms with E-state index in [9.17, 15) is 20.0 Å². The van der Waals surface area contributed by atoms with Gasteiger partial charge in [-0.05, 0) is 19.1 Å². The first-order chi connectivity index (χ1) is 12.0. The highest BCUT2D eigenvalue weighted by atomic mass is 31.2. The van der Waals surface area contributed by atoms with Crippen molar-refractivity contribution in [2.24, 2.45) is 0 Å². The maximum absolute atomic E-state index is 10.9. The molecule has 13 heteroatoms. The Morgan fingerprint density at radius 1 is 1.54 bits per heavy atom. The molecule has 26 heavy (non-hydrogen) atoms. The maximum Gasteiger partial charge on any atom is 0.469 e. The van der Waals surface area contributed by atoms with Gasteiger partial charge in [0.25, 0.3) is 0 Å². The molecule has 12 nitrogen and oxygen atoms in total. The number of hydrogen-bond donors (Lipinski definition) is 5. The molecule has 0 unspecified atom stereocenters. The van der Waals surface area contributed by atoms with E-state index in [2.05, 4.69) is 14.6 Å². The Hall–Kier alpha value is -2.10. The summed E-state index contributed by atoms with van der Waals surface area (Å²) in [6.07, 6.45) is -2.03. The minimum absolute atomic E-state index is 0.148. The lowest BCUT2D eigenvalue weighted by molar-refractivity contribution is -0.114. The second-order valence-electron chi connectivity index (χ2n) is 5.96. The highest BCUT2D eigenvalue weighted by molar-refractivity contribution is 7.46. The van der Waals surface area contributed by atoms with Crippen LogP contribution in [0.1, 0.15) is 12.6 Å². The fourth-order valence-electron chi connectivity index (χ4n) is 3.05. The van der Waals surface area contributed by atoms with Crippen LogP contribution in [0.4, 0.5) is 5.82 Å². The Balaban J connectivity index is 2.07. The van der Waals surface area contributed by atoms with Gasteiger partial charge in [-0.15, -0.1) is 0 Å². The molecule has 6 N–H and O–H groups in total. The number of ether oxygens (including phenoxy) is 1. The van der Waals surface area contributed by atoms with Crippen LogP contribution in [0.5, 0.6) is 0 Å². The number of nitrogens with zero attached hydrogens (tertiary/aromatic N) is 4. The Kier molecular flexibility index (Phi) is 4.29. The van der Waals surface area contributed by atoms with Gasteiger partial charge >= 0.3 is 7.82 Å². The van der Waals surface area contributed by atoms with E-state index in [4.69, 9.17) is 20.3 Å². The summed E-state index contributed by atoms with van der Waals surface area (Å²) in [5.41, 5.74) is 2.07. The van der Waals surface area contributed by atoms with E-state index in [1.807, 2.05) is 0 Å². The molecule has 0 spiro atoms. The SMILES string of the molecule is C[C@@]1(c2ccc3c(N)ncnn23)O[C@H](COP(=O)(O)O)[C@@H](O)[C@]1(O)C#N. The van der Waals surface area contributed by atoms with E-state index < -0.39 is 37.8 Å². The number of hydrogen-bond acceptors (Lipinski definition) is 9. The van der Waals surface area contributed by atoms with Gasteiger partial charge in [-0.25, -0.2) is 14.1 Å². The molecule has 0 saturated carbocycles. The van der Waals surface area contributed by atoms with Gasteiger partial charge in [0.05, 0.1) is 12.3 Å². The first kappa shape index (κ1) is 18.7. The molecular weight excluding hydrogens is 369 g/mol. The molecule has 1 aliphatic heterocycles. The first-order valence-corrected chi connectivity index (χ1v) is 8.85. The fraction of sp³-hybridized carbons (Fsp3) is 0.462. The van der Waals surface area contributed by atoms with Gasteiger partial charge in [0.2, 0.25) is 5.60 Å². The van der Waals surface area contributed by atoms with Crippen LogP contribution in [0.2, 0.25) is 0 Å². The number of anilines is 1. The van der Waals surface area contributed by atoms with Gasteiger partial charge in [-0.2, -0.15) is 10.4 Å². The van der Waals surface area contributed by atoms with Gasteiger partial charge in [0.15, 0.2) is 11.4 Å². The Morgan fingerprint density at radius 3 is 2.85 bits per heavy atom. The van der Waals surface area contributed by atoms with Crippen LogP contribution >= 0.6 is 7.82 Å². The zero-order chi connectivity index (χ0) is 19.3. The molecule has 140 valence electrons. The van der Waals surface area contributed by atoms with Crippen molar-refractivity contribution in [3.63, 3.8) is 0 Å². The third kappa shape index (κ3) is 2.67. The molecule has 2 aromatic heterocycles. The number of nitrogens with two attached hydrogens (primary N) is 1. The Bertz CT molecular complexity index is 939. The number of nitrogen functional groups attached to an aromatic ring is 1. The quantitative estimate of drug-likeness (QED) is 0.308. The minimum Gasteiger partial charge on any atom is -0.386 e. The molecule has 0 amide bonds. The van der Waals surface area contributed by atoms with E-state index in [1.165, 1.54) is 23.8 Å². The normalized spacial score (nSPS) is 32.0. The average molecular weight is 385 g/mol. The molecular formula is C13H16N5O7P. The third-order valence-corrected chi connectivity index (χ3v) is 4.93. The lowest BCUT2D eigenvalue weighted by Gasteiger charge is -2.33. The van der Waals surface area contributed by atoms with Gasteiger partial charge < -0.3 is 30.5 Å². The summed E-state index contributed by atoms with van der Waals surface area (Å²) < 4.78 is 22.2. The zero-order valence-corrected chi connectivity index (χ0v) is 14.3. The van der Waals surface area contributed by atoms with Crippen LogP contribution in [0.15, 0.2) is 18.5 Å². The number of aromatic nitrogens is 3. The predicted octanol–water partition coefficient (Wildman–Crippen LogP) is -1.35. The molecule has 3 rings (SSSR count). The summed E-state index contributed by atoms with van der Waals surface area (Å²) in [4.78, 5) is 21.5. The first-order valence-electron chi connectivity index (χ1n) is 7.32. The Morgan fingerprint density at radius 2 is 2.23 bits per heavy atom. The molecule has 1 aliphatic rings. The number of nitriles is 1. The zero-order valence-electron chi connectivity index (χ0n) is 13.4. The van der Waals surface area contributed by atoms with Crippen LogP contribution < -0.4 is 5.73 Å². The van der Waals surface area contributed by atoms with Crippen LogP contribution in [-0.4, -0.2) is 59.0 Å². The summed E-state index contributed by atoms with van der Waals surface area (Å²) in [5.74, 6) is 0.148. The topological polar surface area (TPSA) is 196 Å². The van der Waals surface area contributed by atoms with Gasteiger partial charge in [0.1, 0.15) is 30.1 Å². The summed E-state index contributed by atoms with van der Waals surface area (Å²) in [7, 11) is -4.84. The molecule has 4 atom stereocenters. The molecule has 0 radical (unpaired) electrons. The second kappa shape index (κ2) is 5.97. The van der Waals surface area contributed by atoms with Crippen LogP contribution in [0, 0.1) is 11.3 Å². The molecule has 3 heterocycles. The van der Waals surface area contributed by atoms with Gasteiger partial charge in [-0.1, -0.05) is 0 Å². The van der Waals surface area contributed by atoms with E-state index in [1.54, 1.807) is 12.1 Å². The molecule has 0 aliphatic carbocycles. The summed E-state index contributed by atoms with van der Waals surface area (Å²) in [5, 5.41) is 34.7. The monoisotopic (exact) mass is 385 g/mol. The van der Waals surface area contributed by atoms with E-state index in [0.29, 0.717) is 5.52 Å². The highest BCUT2D eigenvalue weighted by Crippen LogP contribution is 2.48. The van der Waals surface area contributed by atoms with Crippen molar-refractivity contribution in [2.45, 2.75) is 30.3 Å². The Labute approximate surface area is 146 Å². The standard InChI is InChI=1S/C13H16N5O7P/c1-12(9-3-2-7-11(15)16-6-17-18(7)9)13(20,5-14)10(19)8(25-12)4-24-26(21,22)23/h2-3,6,8,10,19-20H,4H2,1H3,(H2,15,16,17)(H2,21,22,23)/t8-,10-,12+,13-/m1/s1. The van der Waals surface area contributed by atoms with Crippen molar-refractivity contribution in [2.75, 3.05) is 12.3 Å². The van der Waals surface area contributed by atoms with Gasteiger partial charge in [0, 0.05) is 0 Å². The van der Waals surface area contributed by atoms with E-state index >= 15 is 0 Å². The molecule has 1 saturated heterocycles. The van der Waals surface area contributed by atoms with Crippen molar-refractivity contribution < 1.29 is 33.8 Å². The summed E-state index contributed by atoms with van der Waals surface area (Å²) in [6, 6.07) is 4.65. The molecule has 1 fully saturated rings. The lowest BCUT2D eigenvalue weighted by Crippen LogP contribution is -2.52. The maximum atomic E-state index is 10.9. The van der Waals surface area contributed by atoms with Crippen molar-refractivity contribution in [3.8, 4) is 6.07 Å². The minimum atomic E-state index is -4.84. The van der Waals surface area contributed by atoms with Crippen molar-refractivity contribution in [3.05, 3.63) is 24.2 Å². The number of phosphoric ester groups is 1. The smallest absolute Gasteiger partial charge is 0.386 e. The fourth-order valence-corrected chi connectivity index (χ4v) is 3.39. The average Bonchev–Trinajstić information content (AvgIpc) is 3.08. The highest BCUT2D eigenvalue weighted by Gasteiger charge is 2.65. The van der Waals surface area contributed by atoms with Crippen molar-refractivity contribution in [1.29, 1.82) is 5.26 Å². The predicted molar refractivity (Wildman–Crippen MR) is 84.2 cm³/mol. The number of rotatable bonds is 4. The third-order valence-electron chi connectivity index (χ3n) is 4.44. The number of aliphatic hydroxyl groups is 2. The van der Waals surface area contributed by atoms with Gasteiger partial charge in [-0.3, -0.25) is 4.52 Å². The van der Waals surface area contributed by atoms with Crippen molar-refractivity contribution in [1.82, 2.24) is 14.6 Å². The number of aliphatic hydroxyl groups excluding tert-OH is 1. The molecule has 0 bridgehead atoms. The molecule has 2 aromatic rings. The molecule has 0 aromatic carbocycles. The van der Waals surface area contributed by atoms with E-state index in [-0.39, 0.29) is 11.5 Å². The van der Waals surface area contributed by atoms with Crippen LogP contribution in [0.25, 0.3) is 5.52 Å². The van der Waals surface area contributed by atoms with E-state index in [0.717, 1.165) is 0 Å². The van der Waals surface area contributed by atoms with Crippen molar-refractivity contribution >= 4 is 19.2 Å². The largest absolute Gasteiger partial charge is 0.469 e. The van der Waals surface area contributed by atoms with Crippen LogP contribution in [0.3, 0.4) is 0 Å². The number of phosphoric acid groups is 1. The van der Waals surface area contributed by atoms with Crippen LogP contribution in [-0.2, 0) is 19.4 Å². The lowest BCUT2D eigenvalue weighted by atomic mass is 9.80. The second-order valence-corrected chi connectivity index (χ2v) is 7.20. The summed E-state index contributed by atoms with van der Waals surface area (Å²) in [6.45, 7) is 0.600.